The Hall–Kier alpha value is -1.72. The molecule has 0 unspecified atom stereocenters. The number of aliphatic hydroxyl groups excluding tert-OH is 1. The van der Waals surface area contributed by atoms with Crippen molar-refractivity contribution in [3.63, 3.8) is 0 Å². The van der Waals surface area contributed by atoms with Crippen LogP contribution in [0.5, 0.6) is 0 Å². The second-order valence-corrected chi connectivity index (χ2v) is 5.05. The van der Waals surface area contributed by atoms with E-state index in [9.17, 15) is 4.79 Å². The van der Waals surface area contributed by atoms with Crippen molar-refractivity contribution >= 4 is 11.0 Å². The van der Waals surface area contributed by atoms with Crippen molar-refractivity contribution in [3.8, 4) is 0 Å². The number of hydrogen-bond acceptors (Lipinski definition) is 4. The van der Waals surface area contributed by atoms with Crippen LogP contribution in [0.4, 0.5) is 0 Å². The molecule has 1 aromatic carbocycles. The number of nitrogens with one attached hydrogen (secondary N) is 1. The molecule has 5 nitrogen and oxygen atoms in total. The molecule has 0 saturated carbocycles. The molecule has 0 saturated heterocycles. The van der Waals surface area contributed by atoms with Gasteiger partial charge in [-0.25, -0.2) is 4.98 Å². The molecule has 108 valence electrons. The third-order valence-electron chi connectivity index (χ3n) is 3.29. The summed E-state index contributed by atoms with van der Waals surface area (Å²) >= 11 is 0. The second kappa shape index (κ2) is 7.17. The molecule has 0 fully saturated rings. The molecule has 0 aliphatic carbocycles. The Morgan fingerprint density at radius 2 is 2.05 bits per heavy atom. The van der Waals surface area contributed by atoms with Crippen LogP contribution < -0.4 is 5.56 Å². The van der Waals surface area contributed by atoms with E-state index in [2.05, 4.69) is 14.9 Å². The van der Waals surface area contributed by atoms with Crippen molar-refractivity contribution in [2.45, 2.75) is 25.8 Å². The van der Waals surface area contributed by atoms with Gasteiger partial charge in [0.05, 0.1) is 11.0 Å². The van der Waals surface area contributed by atoms with Gasteiger partial charge in [-0.3, -0.25) is 4.79 Å². The number of H-pyrrole nitrogens is 1. The van der Waals surface area contributed by atoms with Crippen LogP contribution in [0.15, 0.2) is 29.1 Å². The number of hydrogen-bond donors (Lipinski definition) is 2. The number of unbranched alkanes of at least 4 members (excludes halogenated alkanes) is 2. The molecule has 0 spiro atoms. The lowest BCUT2D eigenvalue weighted by atomic mass is 10.2. The lowest BCUT2D eigenvalue weighted by molar-refractivity contribution is 0.270. The van der Waals surface area contributed by atoms with E-state index in [0.29, 0.717) is 12.2 Å². The first-order valence-electron chi connectivity index (χ1n) is 6.98. The number of benzene rings is 1. The average molecular weight is 275 g/mol. The minimum atomic E-state index is -0.120. The van der Waals surface area contributed by atoms with E-state index in [4.69, 9.17) is 5.11 Å². The highest BCUT2D eigenvalue weighted by atomic mass is 16.2. The van der Waals surface area contributed by atoms with Gasteiger partial charge in [0, 0.05) is 13.2 Å². The summed E-state index contributed by atoms with van der Waals surface area (Å²) < 4.78 is 0. The number of aromatic amines is 1. The standard InChI is InChI=1S/C15H21N3O2/c1-18(9-5-2-6-10-19)11-14-15(20)17-13-8-4-3-7-12(13)16-14/h3-4,7-8,19H,2,5-6,9-11H2,1H3,(H,17,20). The Morgan fingerprint density at radius 1 is 1.25 bits per heavy atom. The molecule has 5 heteroatoms. The number of fused-ring (bicyclic) bond motifs is 1. The Kier molecular flexibility index (Phi) is 5.26. The molecule has 0 atom stereocenters. The maximum atomic E-state index is 12.0. The lowest BCUT2D eigenvalue weighted by Gasteiger charge is -2.15. The molecule has 2 aromatic rings. The molecule has 20 heavy (non-hydrogen) atoms. The molecule has 0 amide bonds. The number of aliphatic hydroxyl groups is 1. The first-order valence-corrected chi connectivity index (χ1v) is 6.98. The first kappa shape index (κ1) is 14.7. The highest BCUT2D eigenvalue weighted by Crippen LogP contribution is 2.07. The average Bonchev–Trinajstić information content (AvgIpc) is 2.44. The van der Waals surface area contributed by atoms with Crippen LogP contribution in [-0.4, -0.2) is 40.2 Å². The monoisotopic (exact) mass is 275 g/mol. The summed E-state index contributed by atoms with van der Waals surface area (Å²) in [5.74, 6) is 0. The number of rotatable bonds is 7. The van der Waals surface area contributed by atoms with E-state index in [-0.39, 0.29) is 12.2 Å². The predicted molar refractivity (Wildman–Crippen MR) is 79.6 cm³/mol. The van der Waals surface area contributed by atoms with Gasteiger partial charge in [0.2, 0.25) is 0 Å². The fourth-order valence-electron chi connectivity index (χ4n) is 2.18. The van der Waals surface area contributed by atoms with Gasteiger partial charge in [0.25, 0.3) is 5.56 Å². The van der Waals surface area contributed by atoms with E-state index in [1.165, 1.54) is 0 Å². The summed E-state index contributed by atoms with van der Waals surface area (Å²) in [6.07, 6.45) is 2.85. The molecule has 2 rings (SSSR count). The molecule has 2 N–H and O–H groups in total. The van der Waals surface area contributed by atoms with Crippen LogP contribution in [0.2, 0.25) is 0 Å². The molecular formula is C15H21N3O2. The Balaban J connectivity index is 2.01. The number of nitrogens with zero attached hydrogens (tertiary/aromatic N) is 2. The third-order valence-corrected chi connectivity index (χ3v) is 3.29. The van der Waals surface area contributed by atoms with Crippen LogP contribution in [0, 0.1) is 0 Å². The topological polar surface area (TPSA) is 69.2 Å². The van der Waals surface area contributed by atoms with E-state index in [1.54, 1.807) is 0 Å². The summed E-state index contributed by atoms with van der Waals surface area (Å²) in [4.78, 5) is 21.4. The Labute approximate surface area is 118 Å². The maximum absolute atomic E-state index is 12.0. The van der Waals surface area contributed by atoms with Crippen LogP contribution in [-0.2, 0) is 6.54 Å². The SMILES string of the molecule is CN(CCCCCO)Cc1nc2ccccc2[nH]c1=O. The highest BCUT2D eigenvalue weighted by molar-refractivity contribution is 5.73. The van der Waals surface area contributed by atoms with Crippen molar-refractivity contribution in [2.75, 3.05) is 20.2 Å². The summed E-state index contributed by atoms with van der Waals surface area (Å²) in [6.45, 7) is 1.68. The zero-order valence-electron chi connectivity index (χ0n) is 11.8. The van der Waals surface area contributed by atoms with Crippen LogP contribution >= 0.6 is 0 Å². The van der Waals surface area contributed by atoms with Crippen LogP contribution in [0.1, 0.15) is 25.0 Å². The Bertz CT molecular complexity index is 609. The minimum Gasteiger partial charge on any atom is -0.396 e. The first-order chi connectivity index (χ1) is 9.70. The largest absolute Gasteiger partial charge is 0.396 e. The molecule has 0 bridgehead atoms. The highest BCUT2D eigenvalue weighted by Gasteiger charge is 2.07. The van der Waals surface area contributed by atoms with Gasteiger partial charge < -0.3 is 15.0 Å². The summed E-state index contributed by atoms with van der Waals surface area (Å²) in [7, 11) is 1.98. The molecule has 0 radical (unpaired) electrons. The smallest absolute Gasteiger partial charge is 0.271 e. The Morgan fingerprint density at radius 3 is 2.85 bits per heavy atom. The number of aromatic nitrogens is 2. The molecule has 0 aliphatic rings. The van der Waals surface area contributed by atoms with Gasteiger partial charge in [-0.05, 0) is 45.0 Å². The molecule has 1 heterocycles. The summed E-state index contributed by atoms with van der Waals surface area (Å²) in [5.41, 5.74) is 2.02. The van der Waals surface area contributed by atoms with Gasteiger partial charge in [-0.2, -0.15) is 0 Å². The van der Waals surface area contributed by atoms with E-state index in [1.807, 2.05) is 31.3 Å². The molecule has 0 aliphatic heterocycles. The van der Waals surface area contributed by atoms with Gasteiger partial charge in [-0.1, -0.05) is 12.1 Å². The molecular weight excluding hydrogens is 254 g/mol. The van der Waals surface area contributed by atoms with E-state index >= 15 is 0 Å². The van der Waals surface area contributed by atoms with Crippen molar-refractivity contribution in [3.05, 3.63) is 40.3 Å². The van der Waals surface area contributed by atoms with Crippen molar-refractivity contribution in [1.29, 1.82) is 0 Å². The van der Waals surface area contributed by atoms with Gasteiger partial charge in [-0.15, -0.1) is 0 Å². The van der Waals surface area contributed by atoms with E-state index in [0.717, 1.165) is 36.8 Å². The minimum absolute atomic E-state index is 0.120. The van der Waals surface area contributed by atoms with Crippen molar-refractivity contribution in [1.82, 2.24) is 14.9 Å². The zero-order valence-corrected chi connectivity index (χ0v) is 11.8. The third kappa shape index (κ3) is 3.88. The lowest BCUT2D eigenvalue weighted by Crippen LogP contribution is -2.25. The fourth-order valence-corrected chi connectivity index (χ4v) is 2.18. The normalized spacial score (nSPS) is 11.3. The van der Waals surface area contributed by atoms with Crippen LogP contribution in [0.3, 0.4) is 0 Å². The fraction of sp³-hybridized carbons (Fsp3) is 0.467. The molecule has 1 aromatic heterocycles. The second-order valence-electron chi connectivity index (χ2n) is 5.05. The number of para-hydroxylation sites is 2. The van der Waals surface area contributed by atoms with Crippen LogP contribution in [0.25, 0.3) is 11.0 Å². The van der Waals surface area contributed by atoms with Gasteiger partial charge >= 0.3 is 0 Å². The quantitative estimate of drug-likeness (QED) is 0.752. The van der Waals surface area contributed by atoms with Crippen molar-refractivity contribution in [2.24, 2.45) is 0 Å². The van der Waals surface area contributed by atoms with E-state index < -0.39 is 0 Å². The predicted octanol–water partition coefficient (Wildman–Crippen LogP) is 1.52. The van der Waals surface area contributed by atoms with Crippen molar-refractivity contribution < 1.29 is 5.11 Å². The summed E-state index contributed by atoms with van der Waals surface area (Å²) in [5, 5.41) is 8.73. The van der Waals surface area contributed by atoms with Gasteiger partial charge in [0.15, 0.2) is 0 Å². The zero-order chi connectivity index (χ0) is 14.4. The maximum Gasteiger partial charge on any atom is 0.271 e. The summed E-state index contributed by atoms with van der Waals surface area (Å²) in [6, 6.07) is 7.55. The van der Waals surface area contributed by atoms with Gasteiger partial charge in [0.1, 0.15) is 5.69 Å².